The smallest absolute Gasteiger partial charge is 0.341 e. The Morgan fingerprint density at radius 2 is 1.58 bits per heavy atom. The van der Waals surface area contributed by atoms with Crippen LogP contribution in [0.2, 0.25) is 0 Å². The van der Waals surface area contributed by atoms with E-state index in [2.05, 4.69) is 12.2 Å². The molecule has 2 aromatic carbocycles. The monoisotopic (exact) mass is 437 g/mol. The fourth-order valence-electron chi connectivity index (χ4n) is 3.21. The number of nitrogens with one attached hydrogen (secondary N) is 1. The molecule has 0 unspecified atom stereocenters. The molecule has 0 atom stereocenters. The highest BCUT2D eigenvalue weighted by molar-refractivity contribution is 7.15. The van der Waals surface area contributed by atoms with Crippen LogP contribution in [-0.4, -0.2) is 25.1 Å². The molecular formula is C25H27NO4S. The molecular weight excluding hydrogens is 410 g/mol. The first kappa shape index (κ1) is 22.6. The maximum atomic E-state index is 12.7. The first-order valence-corrected chi connectivity index (χ1v) is 11.3. The Morgan fingerprint density at radius 3 is 2.19 bits per heavy atom. The highest BCUT2D eigenvalue weighted by Crippen LogP contribution is 2.36. The van der Waals surface area contributed by atoms with E-state index in [1.165, 1.54) is 16.9 Å². The largest absolute Gasteiger partial charge is 0.494 e. The minimum atomic E-state index is -0.435. The molecule has 3 rings (SSSR count). The molecule has 0 saturated carbocycles. The summed E-state index contributed by atoms with van der Waals surface area (Å²) in [6.07, 6.45) is 1.15. The summed E-state index contributed by atoms with van der Waals surface area (Å²) in [5.74, 6) is 0.146. The second kappa shape index (κ2) is 10.8. The van der Waals surface area contributed by atoms with Gasteiger partial charge in [0.05, 0.1) is 19.6 Å². The fraction of sp³-hybridized carbons (Fsp3) is 0.280. The molecule has 1 N–H and O–H groups in total. The van der Waals surface area contributed by atoms with E-state index in [4.69, 9.17) is 9.47 Å². The van der Waals surface area contributed by atoms with Gasteiger partial charge in [0.1, 0.15) is 16.3 Å². The number of rotatable bonds is 9. The molecule has 1 amide bonds. The lowest BCUT2D eigenvalue weighted by atomic mass is 10.0. The van der Waals surface area contributed by atoms with Gasteiger partial charge in [0.25, 0.3) is 0 Å². The fourth-order valence-corrected chi connectivity index (χ4v) is 4.19. The van der Waals surface area contributed by atoms with Gasteiger partial charge in [0.15, 0.2) is 0 Å². The van der Waals surface area contributed by atoms with Crippen LogP contribution in [0.25, 0.3) is 11.1 Å². The number of aryl methyl sites for hydroxylation is 1. The standard InChI is InChI=1S/C25H27NO4S/c1-4-17-7-11-19(12-8-17)21-16-31-24(23(21)25(28)30-6-3)26-22(27)15-18-9-13-20(14-10-18)29-5-2/h7-14,16H,4-6,15H2,1-3H3,(H,26,27). The summed E-state index contributed by atoms with van der Waals surface area (Å²) in [6, 6.07) is 15.5. The van der Waals surface area contributed by atoms with Crippen LogP contribution < -0.4 is 10.1 Å². The van der Waals surface area contributed by atoms with Gasteiger partial charge in [0, 0.05) is 10.9 Å². The average molecular weight is 438 g/mol. The lowest BCUT2D eigenvalue weighted by Crippen LogP contribution is -2.16. The number of benzene rings is 2. The van der Waals surface area contributed by atoms with E-state index in [-0.39, 0.29) is 18.9 Å². The zero-order valence-corrected chi connectivity index (χ0v) is 18.9. The molecule has 6 heteroatoms. The van der Waals surface area contributed by atoms with Crippen molar-refractivity contribution >= 4 is 28.2 Å². The van der Waals surface area contributed by atoms with Gasteiger partial charge in [-0.2, -0.15) is 0 Å². The lowest BCUT2D eigenvalue weighted by Gasteiger charge is -2.10. The zero-order chi connectivity index (χ0) is 22.2. The molecule has 5 nitrogen and oxygen atoms in total. The number of esters is 1. The Kier molecular flexibility index (Phi) is 7.84. The summed E-state index contributed by atoms with van der Waals surface area (Å²) in [7, 11) is 0. The van der Waals surface area contributed by atoms with Crippen molar-refractivity contribution in [3.8, 4) is 16.9 Å². The highest BCUT2D eigenvalue weighted by Gasteiger charge is 2.23. The van der Waals surface area contributed by atoms with Crippen LogP contribution in [0.15, 0.2) is 53.9 Å². The van der Waals surface area contributed by atoms with Gasteiger partial charge in [-0.05, 0) is 49.1 Å². The maximum Gasteiger partial charge on any atom is 0.341 e. The average Bonchev–Trinajstić information content (AvgIpc) is 3.19. The van der Waals surface area contributed by atoms with E-state index in [0.717, 1.165) is 28.9 Å². The van der Waals surface area contributed by atoms with E-state index in [0.29, 0.717) is 17.2 Å². The van der Waals surface area contributed by atoms with Crippen LogP contribution in [0.4, 0.5) is 5.00 Å². The van der Waals surface area contributed by atoms with Gasteiger partial charge in [-0.1, -0.05) is 43.3 Å². The first-order valence-electron chi connectivity index (χ1n) is 10.4. The number of carbonyl (C=O) groups excluding carboxylic acids is 2. The number of anilines is 1. The van der Waals surface area contributed by atoms with Crippen LogP contribution in [0, 0.1) is 0 Å². The molecule has 31 heavy (non-hydrogen) atoms. The molecule has 3 aromatic rings. The second-order valence-corrected chi connectivity index (χ2v) is 7.81. The molecule has 0 fully saturated rings. The number of hydrogen-bond acceptors (Lipinski definition) is 5. The van der Waals surface area contributed by atoms with Gasteiger partial charge in [-0.3, -0.25) is 4.79 Å². The van der Waals surface area contributed by atoms with E-state index in [9.17, 15) is 9.59 Å². The number of carbonyl (C=O) groups is 2. The lowest BCUT2D eigenvalue weighted by molar-refractivity contribution is -0.115. The van der Waals surface area contributed by atoms with Gasteiger partial charge >= 0.3 is 5.97 Å². The van der Waals surface area contributed by atoms with E-state index in [1.54, 1.807) is 6.92 Å². The molecule has 1 heterocycles. The SMILES string of the molecule is CCOC(=O)c1c(-c2ccc(CC)cc2)csc1NC(=O)Cc1ccc(OCC)cc1. The minimum Gasteiger partial charge on any atom is -0.494 e. The topological polar surface area (TPSA) is 64.6 Å². The van der Waals surface area contributed by atoms with Crippen LogP contribution in [-0.2, 0) is 22.4 Å². The van der Waals surface area contributed by atoms with Crippen molar-refractivity contribution in [3.63, 3.8) is 0 Å². The molecule has 0 bridgehead atoms. The third kappa shape index (κ3) is 5.73. The summed E-state index contributed by atoms with van der Waals surface area (Å²) in [5, 5.41) is 5.29. The van der Waals surface area contributed by atoms with Gasteiger partial charge in [-0.15, -0.1) is 11.3 Å². The third-order valence-electron chi connectivity index (χ3n) is 4.80. The molecule has 0 aliphatic carbocycles. The van der Waals surface area contributed by atoms with Crippen LogP contribution in [0.3, 0.4) is 0 Å². The van der Waals surface area contributed by atoms with Crippen molar-refractivity contribution < 1.29 is 19.1 Å². The molecule has 1 aromatic heterocycles. The number of thiophene rings is 1. The van der Waals surface area contributed by atoms with E-state index < -0.39 is 5.97 Å². The van der Waals surface area contributed by atoms with Crippen molar-refractivity contribution in [2.24, 2.45) is 0 Å². The minimum absolute atomic E-state index is 0.190. The Balaban J connectivity index is 1.81. The molecule has 0 aliphatic heterocycles. The number of amides is 1. The van der Waals surface area contributed by atoms with Crippen molar-refractivity contribution in [1.82, 2.24) is 0 Å². The summed E-state index contributed by atoms with van der Waals surface area (Å²) < 4.78 is 10.7. The van der Waals surface area contributed by atoms with Crippen molar-refractivity contribution in [1.29, 1.82) is 0 Å². The van der Waals surface area contributed by atoms with Gasteiger partial charge < -0.3 is 14.8 Å². The Hall–Kier alpha value is -3.12. The van der Waals surface area contributed by atoms with Gasteiger partial charge in [0.2, 0.25) is 5.91 Å². The second-order valence-electron chi connectivity index (χ2n) is 6.93. The van der Waals surface area contributed by atoms with Crippen LogP contribution >= 0.6 is 11.3 Å². The normalized spacial score (nSPS) is 10.5. The van der Waals surface area contributed by atoms with Crippen LogP contribution in [0.1, 0.15) is 42.3 Å². The molecule has 0 saturated heterocycles. The third-order valence-corrected chi connectivity index (χ3v) is 5.69. The number of hydrogen-bond donors (Lipinski definition) is 1. The van der Waals surface area contributed by atoms with E-state index >= 15 is 0 Å². The summed E-state index contributed by atoms with van der Waals surface area (Å²) in [5.41, 5.74) is 4.17. The Labute approximate surface area is 187 Å². The summed E-state index contributed by atoms with van der Waals surface area (Å²) >= 11 is 1.33. The first-order chi connectivity index (χ1) is 15.0. The Bertz CT molecular complexity index is 1020. The van der Waals surface area contributed by atoms with Crippen molar-refractivity contribution in [3.05, 3.63) is 70.6 Å². The molecule has 0 aliphatic rings. The predicted octanol–water partition coefficient (Wildman–Crippen LogP) is 5.73. The van der Waals surface area contributed by atoms with Crippen LogP contribution in [0.5, 0.6) is 5.75 Å². The predicted molar refractivity (Wildman–Crippen MR) is 125 cm³/mol. The number of ether oxygens (including phenoxy) is 2. The summed E-state index contributed by atoms with van der Waals surface area (Å²) in [6.45, 7) is 6.66. The Morgan fingerprint density at radius 1 is 0.903 bits per heavy atom. The molecule has 162 valence electrons. The van der Waals surface area contributed by atoms with Crippen molar-refractivity contribution in [2.45, 2.75) is 33.6 Å². The maximum absolute atomic E-state index is 12.7. The molecule has 0 radical (unpaired) electrons. The highest BCUT2D eigenvalue weighted by atomic mass is 32.1. The molecule has 0 spiro atoms. The van der Waals surface area contributed by atoms with E-state index in [1.807, 2.05) is 60.8 Å². The van der Waals surface area contributed by atoms with Crippen molar-refractivity contribution in [2.75, 3.05) is 18.5 Å². The van der Waals surface area contributed by atoms with Gasteiger partial charge in [-0.25, -0.2) is 4.79 Å². The quantitative estimate of drug-likeness (QED) is 0.434. The zero-order valence-electron chi connectivity index (χ0n) is 18.1. The summed E-state index contributed by atoms with van der Waals surface area (Å²) in [4.78, 5) is 25.4.